The van der Waals surface area contributed by atoms with Gasteiger partial charge in [0.2, 0.25) is 0 Å². The highest BCUT2D eigenvalue weighted by Gasteiger charge is 2.33. The minimum Gasteiger partial charge on any atom is -0.313 e. The highest BCUT2D eigenvalue weighted by Crippen LogP contribution is 2.38. The Morgan fingerprint density at radius 3 is 1.92 bits per heavy atom. The van der Waals surface area contributed by atoms with Crippen LogP contribution in [0, 0.1) is 5.92 Å². The van der Waals surface area contributed by atoms with E-state index in [9.17, 15) is 5.21 Å². The zero-order valence-electron chi connectivity index (χ0n) is 16.8. The van der Waals surface area contributed by atoms with Gasteiger partial charge in [-0.05, 0) is 48.9 Å². The van der Waals surface area contributed by atoms with Crippen LogP contribution in [0.25, 0.3) is 0 Å². The Morgan fingerprint density at radius 1 is 0.923 bits per heavy atom. The summed E-state index contributed by atoms with van der Waals surface area (Å²) in [6, 6.07) is 16.9. The zero-order valence-corrected chi connectivity index (χ0v) is 17.6. The van der Waals surface area contributed by atoms with Gasteiger partial charge in [0.05, 0.1) is 6.04 Å². The molecule has 2 aromatic rings. The lowest BCUT2D eigenvalue weighted by molar-refractivity contribution is -0.199. The third-order valence-electron chi connectivity index (χ3n) is 5.00. The molecule has 2 unspecified atom stereocenters. The fraction of sp³-hybridized carbons (Fsp3) is 0.478. The van der Waals surface area contributed by atoms with E-state index in [1.165, 1.54) is 21.8 Å². The van der Waals surface area contributed by atoms with Crippen LogP contribution in [-0.2, 0) is 5.88 Å². The van der Waals surface area contributed by atoms with Crippen LogP contribution in [-0.4, -0.2) is 15.8 Å². The molecule has 0 saturated heterocycles. The minimum atomic E-state index is -0.326. The number of hydroxylamine groups is 2. The van der Waals surface area contributed by atoms with E-state index in [1.54, 1.807) is 0 Å². The van der Waals surface area contributed by atoms with Crippen molar-refractivity contribution in [1.29, 1.82) is 0 Å². The second-order valence-corrected chi connectivity index (χ2v) is 8.70. The Bertz CT molecular complexity index is 703. The van der Waals surface area contributed by atoms with Crippen molar-refractivity contribution >= 4 is 11.6 Å². The number of rotatable bonds is 6. The van der Waals surface area contributed by atoms with Crippen molar-refractivity contribution < 1.29 is 5.21 Å². The molecule has 0 aliphatic carbocycles. The molecule has 2 atom stereocenters. The van der Waals surface area contributed by atoms with Gasteiger partial charge >= 0.3 is 0 Å². The van der Waals surface area contributed by atoms with Gasteiger partial charge in [0.1, 0.15) is 0 Å². The third-order valence-corrected chi connectivity index (χ3v) is 5.31. The van der Waals surface area contributed by atoms with Crippen LogP contribution >= 0.6 is 11.6 Å². The second-order valence-electron chi connectivity index (χ2n) is 8.43. The molecule has 0 bridgehead atoms. The first kappa shape index (κ1) is 21.0. The third kappa shape index (κ3) is 4.68. The summed E-state index contributed by atoms with van der Waals surface area (Å²) in [7, 11) is 0. The molecule has 0 amide bonds. The minimum absolute atomic E-state index is 0.0595. The topological polar surface area (TPSA) is 23.5 Å². The molecule has 142 valence electrons. The molecule has 0 heterocycles. The summed E-state index contributed by atoms with van der Waals surface area (Å²) < 4.78 is 0. The van der Waals surface area contributed by atoms with Crippen molar-refractivity contribution in [2.75, 3.05) is 0 Å². The molecule has 1 N–H and O–H groups in total. The summed E-state index contributed by atoms with van der Waals surface area (Å²) in [5.74, 6) is 1.06. The van der Waals surface area contributed by atoms with Crippen LogP contribution in [0.4, 0.5) is 0 Å². The number of alkyl halides is 1. The molecule has 0 radical (unpaired) electrons. The normalized spacial score (nSPS) is 14.7. The number of benzene rings is 2. The van der Waals surface area contributed by atoms with E-state index in [4.69, 9.17) is 11.6 Å². The van der Waals surface area contributed by atoms with E-state index < -0.39 is 0 Å². The summed E-state index contributed by atoms with van der Waals surface area (Å²) in [4.78, 5) is 0. The van der Waals surface area contributed by atoms with Gasteiger partial charge < -0.3 is 5.21 Å². The van der Waals surface area contributed by atoms with Crippen LogP contribution in [0.1, 0.15) is 75.8 Å². The van der Waals surface area contributed by atoms with Gasteiger partial charge in [-0.2, -0.15) is 5.06 Å². The second kappa shape index (κ2) is 8.56. The summed E-state index contributed by atoms with van der Waals surface area (Å²) in [5, 5.41) is 12.4. The standard InChI is InChI=1S/C23H32ClNO/c1-16(2)22(25(26)23(4,5)6)21-10-8-7-9-20(21)17(3)19-13-11-18(15-24)12-14-19/h7-14,16-17,22,26H,15H2,1-6H3. The van der Waals surface area contributed by atoms with Crippen molar-refractivity contribution in [3.05, 3.63) is 70.8 Å². The molecule has 0 saturated carbocycles. The molecule has 0 fully saturated rings. The maximum atomic E-state index is 10.9. The Labute approximate surface area is 163 Å². The Balaban J connectivity index is 2.47. The van der Waals surface area contributed by atoms with Crippen LogP contribution < -0.4 is 0 Å². The summed E-state index contributed by atoms with van der Waals surface area (Å²) in [5.41, 5.74) is 4.51. The van der Waals surface area contributed by atoms with Gasteiger partial charge in [0.25, 0.3) is 0 Å². The average molecular weight is 374 g/mol. The molecule has 0 spiro atoms. The van der Waals surface area contributed by atoms with Gasteiger partial charge in [0, 0.05) is 17.3 Å². The molecular formula is C23H32ClNO. The number of hydrogen-bond donors (Lipinski definition) is 1. The number of halogens is 1. The van der Waals surface area contributed by atoms with E-state index in [0.717, 1.165) is 5.56 Å². The Hall–Kier alpha value is -1.35. The predicted molar refractivity (Wildman–Crippen MR) is 111 cm³/mol. The quantitative estimate of drug-likeness (QED) is 0.446. The number of hydrogen-bond acceptors (Lipinski definition) is 2. The van der Waals surface area contributed by atoms with Crippen molar-refractivity contribution in [2.24, 2.45) is 5.92 Å². The molecule has 2 aromatic carbocycles. The fourth-order valence-corrected chi connectivity index (χ4v) is 3.62. The predicted octanol–water partition coefficient (Wildman–Crippen LogP) is 6.76. The van der Waals surface area contributed by atoms with Crippen LogP contribution in [0.3, 0.4) is 0 Å². The highest BCUT2D eigenvalue weighted by molar-refractivity contribution is 6.17. The lowest BCUT2D eigenvalue weighted by atomic mass is 9.83. The smallest absolute Gasteiger partial charge is 0.0631 e. The number of nitrogens with zero attached hydrogens (tertiary/aromatic N) is 1. The molecule has 3 heteroatoms. The lowest BCUT2D eigenvalue weighted by Crippen LogP contribution is -2.43. The largest absolute Gasteiger partial charge is 0.313 e. The van der Waals surface area contributed by atoms with E-state index in [-0.39, 0.29) is 23.4 Å². The van der Waals surface area contributed by atoms with Crippen LogP contribution in [0.2, 0.25) is 0 Å². The molecule has 0 aliphatic rings. The molecule has 0 aromatic heterocycles. The Morgan fingerprint density at radius 2 is 1.46 bits per heavy atom. The van der Waals surface area contributed by atoms with Gasteiger partial charge in [-0.1, -0.05) is 69.3 Å². The average Bonchev–Trinajstić information content (AvgIpc) is 2.60. The van der Waals surface area contributed by atoms with Gasteiger partial charge in [0.15, 0.2) is 0 Å². The summed E-state index contributed by atoms with van der Waals surface area (Å²) >= 11 is 5.92. The maximum Gasteiger partial charge on any atom is 0.0631 e. The summed E-state index contributed by atoms with van der Waals surface area (Å²) in [6.07, 6.45) is 0. The van der Waals surface area contributed by atoms with Gasteiger partial charge in [-0.25, -0.2) is 0 Å². The van der Waals surface area contributed by atoms with Gasteiger partial charge in [-0.3, -0.25) is 0 Å². The molecule has 2 nitrogen and oxygen atoms in total. The molecule has 26 heavy (non-hydrogen) atoms. The monoisotopic (exact) mass is 373 g/mol. The zero-order chi connectivity index (χ0) is 19.5. The van der Waals surface area contributed by atoms with Crippen molar-refractivity contribution in [3.63, 3.8) is 0 Å². The van der Waals surface area contributed by atoms with Gasteiger partial charge in [-0.15, -0.1) is 11.6 Å². The van der Waals surface area contributed by atoms with Crippen LogP contribution in [0.15, 0.2) is 48.5 Å². The molecule has 0 aliphatic heterocycles. The van der Waals surface area contributed by atoms with E-state index in [1.807, 2.05) is 20.8 Å². The molecule has 2 rings (SSSR count). The van der Waals surface area contributed by atoms with E-state index in [0.29, 0.717) is 5.88 Å². The molecular weight excluding hydrogens is 342 g/mol. The maximum absolute atomic E-state index is 10.9. The highest BCUT2D eigenvalue weighted by atomic mass is 35.5. The first-order chi connectivity index (χ1) is 12.2. The summed E-state index contributed by atoms with van der Waals surface area (Å²) in [6.45, 7) is 12.7. The SMILES string of the molecule is CC(c1ccc(CCl)cc1)c1ccccc1C(C(C)C)N(O)C(C)(C)C. The Kier molecular flexibility index (Phi) is 6.90. The van der Waals surface area contributed by atoms with Crippen molar-refractivity contribution in [3.8, 4) is 0 Å². The van der Waals surface area contributed by atoms with E-state index >= 15 is 0 Å². The lowest BCUT2D eigenvalue weighted by Gasteiger charge is -2.40. The van der Waals surface area contributed by atoms with Crippen molar-refractivity contribution in [2.45, 2.75) is 64.9 Å². The van der Waals surface area contributed by atoms with E-state index in [2.05, 4.69) is 69.3 Å². The first-order valence-corrected chi connectivity index (χ1v) is 9.92. The van der Waals surface area contributed by atoms with Crippen LogP contribution in [0.5, 0.6) is 0 Å². The van der Waals surface area contributed by atoms with Crippen molar-refractivity contribution in [1.82, 2.24) is 5.06 Å². The first-order valence-electron chi connectivity index (χ1n) is 9.38. The fourth-order valence-electron chi connectivity index (χ4n) is 3.44.